The lowest BCUT2D eigenvalue weighted by molar-refractivity contribution is -0.121. The molecule has 1 heterocycles. The number of nitrogens with one attached hydrogen (secondary N) is 2. The summed E-state index contributed by atoms with van der Waals surface area (Å²) in [5.74, 6) is 0.0816. The van der Waals surface area contributed by atoms with Gasteiger partial charge in [0.25, 0.3) is 0 Å². The summed E-state index contributed by atoms with van der Waals surface area (Å²) < 4.78 is 0. The molecule has 102 valence electrons. The first-order chi connectivity index (χ1) is 8.65. The van der Waals surface area contributed by atoms with Gasteiger partial charge >= 0.3 is 0 Å². The van der Waals surface area contributed by atoms with Crippen LogP contribution in [0.3, 0.4) is 0 Å². The lowest BCUT2D eigenvalue weighted by atomic mass is 10.2. The Bertz CT molecular complexity index is 361. The Morgan fingerprint density at radius 2 is 2.17 bits per heavy atom. The summed E-state index contributed by atoms with van der Waals surface area (Å²) in [6, 6.07) is 0.306. The van der Waals surface area contributed by atoms with E-state index in [9.17, 15) is 4.79 Å². The molecule has 0 saturated carbocycles. The van der Waals surface area contributed by atoms with Crippen molar-refractivity contribution < 1.29 is 4.79 Å². The molecule has 0 fully saturated rings. The third-order valence-corrected chi connectivity index (χ3v) is 3.68. The Kier molecular flexibility index (Phi) is 6.90. The van der Waals surface area contributed by atoms with Gasteiger partial charge in [-0.2, -0.15) is 0 Å². The molecule has 0 saturated heterocycles. The van der Waals surface area contributed by atoms with Crippen LogP contribution in [-0.4, -0.2) is 30.0 Å². The zero-order valence-corrected chi connectivity index (χ0v) is 12.3. The Balaban J connectivity index is 2.12. The molecule has 18 heavy (non-hydrogen) atoms. The standard InChI is InChI=1S/C13H23N3OS/c1-4-11(5-2)16-13(17)8-14-7-6-12-9-18-10(3)15-12/h9,11,14H,4-8H2,1-3H3,(H,16,17). The Morgan fingerprint density at radius 1 is 1.44 bits per heavy atom. The van der Waals surface area contributed by atoms with E-state index in [2.05, 4.69) is 34.8 Å². The van der Waals surface area contributed by atoms with Gasteiger partial charge in [0.15, 0.2) is 0 Å². The first-order valence-corrected chi connectivity index (χ1v) is 7.44. The lowest BCUT2D eigenvalue weighted by Gasteiger charge is -2.14. The highest BCUT2D eigenvalue weighted by Crippen LogP contribution is 2.07. The smallest absolute Gasteiger partial charge is 0.234 e. The summed E-state index contributed by atoms with van der Waals surface area (Å²) in [5.41, 5.74) is 1.10. The lowest BCUT2D eigenvalue weighted by Crippen LogP contribution is -2.40. The SMILES string of the molecule is CCC(CC)NC(=O)CNCCc1csc(C)n1. The Hall–Kier alpha value is -0.940. The number of rotatable bonds is 8. The summed E-state index contributed by atoms with van der Waals surface area (Å²) in [5, 5.41) is 9.32. The van der Waals surface area contributed by atoms with E-state index in [4.69, 9.17) is 0 Å². The zero-order valence-electron chi connectivity index (χ0n) is 11.5. The predicted octanol–water partition coefficient (Wildman–Crippen LogP) is 1.89. The average molecular weight is 269 g/mol. The molecular weight excluding hydrogens is 246 g/mol. The van der Waals surface area contributed by atoms with Gasteiger partial charge in [-0.05, 0) is 19.8 Å². The number of aryl methyl sites for hydroxylation is 1. The largest absolute Gasteiger partial charge is 0.352 e. The molecule has 0 aliphatic rings. The topological polar surface area (TPSA) is 54.0 Å². The van der Waals surface area contributed by atoms with Crippen molar-refractivity contribution in [3.63, 3.8) is 0 Å². The molecule has 4 nitrogen and oxygen atoms in total. The number of carbonyl (C=O) groups excluding carboxylic acids is 1. The fraction of sp³-hybridized carbons (Fsp3) is 0.692. The fourth-order valence-corrected chi connectivity index (χ4v) is 2.36. The van der Waals surface area contributed by atoms with Crippen molar-refractivity contribution in [1.82, 2.24) is 15.6 Å². The van der Waals surface area contributed by atoms with Crippen molar-refractivity contribution in [2.24, 2.45) is 0 Å². The molecule has 1 rings (SSSR count). The van der Waals surface area contributed by atoms with Gasteiger partial charge in [0.2, 0.25) is 5.91 Å². The molecule has 1 aromatic rings. The maximum Gasteiger partial charge on any atom is 0.234 e. The highest BCUT2D eigenvalue weighted by molar-refractivity contribution is 7.09. The Morgan fingerprint density at radius 3 is 2.72 bits per heavy atom. The number of carbonyl (C=O) groups is 1. The minimum atomic E-state index is 0.0816. The van der Waals surface area contributed by atoms with E-state index in [0.29, 0.717) is 12.6 Å². The third-order valence-electron chi connectivity index (χ3n) is 2.86. The van der Waals surface area contributed by atoms with Crippen LogP contribution in [0, 0.1) is 6.92 Å². The van der Waals surface area contributed by atoms with Crippen LogP contribution >= 0.6 is 11.3 Å². The van der Waals surface area contributed by atoms with E-state index in [0.717, 1.165) is 36.5 Å². The molecule has 1 amide bonds. The van der Waals surface area contributed by atoms with Gasteiger partial charge in [-0.3, -0.25) is 4.79 Å². The van der Waals surface area contributed by atoms with E-state index in [1.54, 1.807) is 11.3 Å². The minimum absolute atomic E-state index is 0.0816. The van der Waals surface area contributed by atoms with E-state index >= 15 is 0 Å². The second-order valence-electron chi connectivity index (χ2n) is 4.37. The quantitative estimate of drug-likeness (QED) is 0.709. The number of hydrogen-bond acceptors (Lipinski definition) is 4. The number of aromatic nitrogens is 1. The summed E-state index contributed by atoms with van der Waals surface area (Å²) in [6.45, 7) is 7.36. The number of thiazole rings is 1. The van der Waals surface area contributed by atoms with E-state index in [1.807, 2.05) is 6.92 Å². The average Bonchev–Trinajstić information content (AvgIpc) is 2.77. The van der Waals surface area contributed by atoms with Crippen molar-refractivity contribution in [2.45, 2.75) is 46.1 Å². The van der Waals surface area contributed by atoms with Crippen molar-refractivity contribution in [3.8, 4) is 0 Å². The molecule has 0 atom stereocenters. The number of nitrogens with zero attached hydrogens (tertiary/aromatic N) is 1. The van der Waals surface area contributed by atoms with Gasteiger partial charge in [-0.1, -0.05) is 13.8 Å². The monoisotopic (exact) mass is 269 g/mol. The van der Waals surface area contributed by atoms with Gasteiger partial charge < -0.3 is 10.6 Å². The molecule has 0 aliphatic heterocycles. The van der Waals surface area contributed by atoms with Gasteiger partial charge in [0.05, 0.1) is 17.2 Å². The molecule has 0 unspecified atom stereocenters. The summed E-state index contributed by atoms with van der Waals surface area (Å²) in [6.07, 6.45) is 2.85. The van der Waals surface area contributed by atoms with Crippen LogP contribution in [0.2, 0.25) is 0 Å². The maximum absolute atomic E-state index is 11.6. The van der Waals surface area contributed by atoms with Crippen LogP contribution in [0.1, 0.15) is 37.4 Å². The highest BCUT2D eigenvalue weighted by atomic mass is 32.1. The van der Waals surface area contributed by atoms with Crippen LogP contribution in [0.5, 0.6) is 0 Å². The van der Waals surface area contributed by atoms with Gasteiger partial charge in [0, 0.05) is 24.4 Å². The molecular formula is C13H23N3OS. The van der Waals surface area contributed by atoms with Crippen LogP contribution in [0.25, 0.3) is 0 Å². The molecule has 0 aromatic carbocycles. The zero-order chi connectivity index (χ0) is 13.4. The van der Waals surface area contributed by atoms with Crippen molar-refractivity contribution in [1.29, 1.82) is 0 Å². The molecule has 0 spiro atoms. The van der Waals surface area contributed by atoms with Crippen molar-refractivity contribution in [3.05, 3.63) is 16.1 Å². The van der Waals surface area contributed by atoms with Crippen LogP contribution in [0.15, 0.2) is 5.38 Å². The molecule has 0 radical (unpaired) electrons. The second kappa shape index (κ2) is 8.21. The summed E-state index contributed by atoms with van der Waals surface area (Å²) >= 11 is 1.66. The highest BCUT2D eigenvalue weighted by Gasteiger charge is 2.07. The normalized spacial score (nSPS) is 10.9. The minimum Gasteiger partial charge on any atom is -0.352 e. The molecule has 0 bridgehead atoms. The summed E-state index contributed by atoms with van der Waals surface area (Å²) in [7, 11) is 0. The number of amides is 1. The van der Waals surface area contributed by atoms with E-state index in [1.165, 1.54) is 0 Å². The fourth-order valence-electron chi connectivity index (χ4n) is 1.71. The summed E-state index contributed by atoms with van der Waals surface area (Å²) in [4.78, 5) is 16.0. The van der Waals surface area contributed by atoms with E-state index in [-0.39, 0.29) is 5.91 Å². The molecule has 0 aliphatic carbocycles. The molecule has 2 N–H and O–H groups in total. The maximum atomic E-state index is 11.6. The van der Waals surface area contributed by atoms with E-state index < -0.39 is 0 Å². The first kappa shape index (κ1) is 15.1. The van der Waals surface area contributed by atoms with Crippen LogP contribution < -0.4 is 10.6 Å². The predicted molar refractivity (Wildman–Crippen MR) is 75.9 cm³/mol. The molecule has 5 heteroatoms. The van der Waals surface area contributed by atoms with Crippen LogP contribution in [0.4, 0.5) is 0 Å². The molecule has 1 aromatic heterocycles. The van der Waals surface area contributed by atoms with Crippen molar-refractivity contribution >= 4 is 17.2 Å². The Labute approximate surface area is 113 Å². The van der Waals surface area contributed by atoms with Gasteiger partial charge in [0.1, 0.15) is 0 Å². The second-order valence-corrected chi connectivity index (χ2v) is 5.43. The van der Waals surface area contributed by atoms with Gasteiger partial charge in [-0.15, -0.1) is 11.3 Å². The van der Waals surface area contributed by atoms with Crippen LogP contribution in [-0.2, 0) is 11.2 Å². The third kappa shape index (κ3) is 5.60. The number of hydrogen-bond donors (Lipinski definition) is 2. The van der Waals surface area contributed by atoms with Crippen molar-refractivity contribution in [2.75, 3.05) is 13.1 Å². The first-order valence-electron chi connectivity index (χ1n) is 6.56. The van der Waals surface area contributed by atoms with Gasteiger partial charge in [-0.25, -0.2) is 4.98 Å².